The highest BCUT2D eigenvalue weighted by Gasteiger charge is 2.12. The molecule has 0 saturated heterocycles. The first-order valence-electron chi connectivity index (χ1n) is 12.9. The monoisotopic (exact) mass is 482 g/mol. The Morgan fingerprint density at radius 1 is 0.342 bits per heavy atom. The van der Waals surface area contributed by atoms with Crippen LogP contribution in [0.5, 0.6) is 0 Å². The van der Waals surface area contributed by atoms with E-state index in [4.69, 9.17) is 9.97 Å². The molecule has 2 heteroatoms. The van der Waals surface area contributed by atoms with Crippen LogP contribution in [0.1, 0.15) is 0 Å². The molecule has 2 aromatic heterocycles. The molecule has 0 radical (unpaired) electrons. The number of hydrogen-bond donors (Lipinski definition) is 0. The third kappa shape index (κ3) is 3.42. The summed E-state index contributed by atoms with van der Waals surface area (Å²) in [5.74, 6) is 0. The van der Waals surface area contributed by atoms with E-state index in [0.717, 1.165) is 44.3 Å². The second kappa shape index (κ2) is 8.22. The summed E-state index contributed by atoms with van der Waals surface area (Å²) in [4.78, 5) is 10.2. The maximum atomic E-state index is 5.14. The van der Waals surface area contributed by atoms with Crippen molar-refractivity contribution in [2.45, 2.75) is 0 Å². The number of pyridine rings is 2. The molecule has 2 nitrogen and oxygen atoms in total. The summed E-state index contributed by atoms with van der Waals surface area (Å²) in [5.41, 5.74) is 6.16. The fraction of sp³-hybridized carbons (Fsp3) is 0. The summed E-state index contributed by atoms with van der Waals surface area (Å²) in [6.45, 7) is 0. The third-order valence-corrected chi connectivity index (χ3v) is 7.55. The van der Waals surface area contributed by atoms with Gasteiger partial charge in [-0.1, -0.05) is 84.9 Å². The van der Waals surface area contributed by atoms with Gasteiger partial charge in [0.1, 0.15) is 0 Å². The number of rotatable bonds is 2. The van der Waals surface area contributed by atoms with Crippen LogP contribution in [0.2, 0.25) is 0 Å². The summed E-state index contributed by atoms with van der Waals surface area (Å²) in [6, 6.07) is 47.4. The zero-order chi connectivity index (χ0) is 25.1. The standard InChI is InChI=1S/C36H22N2/c1-3-9-25-21-35-28(17-23(25)7-1)13-15-33(37-35)30-19-27-11-5-6-12-31(27)32(20-30)34-16-14-29-18-24-8-2-4-10-26(24)22-36(29)38-34/h1-22H. The highest BCUT2D eigenvalue weighted by Crippen LogP contribution is 2.35. The van der Waals surface area contributed by atoms with Crippen molar-refractivity contribution in [1.82, 2.24) is 9.97 Å². The van der Waals surface area contributed by atoms with Crippen LogP contribution in [-0.2, 0) is 0 Å². The predicted molar refractivity (Wildman–Crippen MR) is 160 cm³/mol. The van der Waals surface area contributed by atoms with Gasteiger partial charge in [0.05, 0.1) is 22.4 Å². The minimum absolute atomic E-state index is 0.964. The van der Waals surface area contributed by atoms with Crippen LogP contribution < -0.4 is 0 Å². The van der Waals surface area contributed by atoms with Crippen molar-refractivity contribution in [3.63, 3.8) is 0 Å². The molecular formula is C36H22N2. The van der Waals surface area contributed by atoms with Gasteiger partial charge in [-0.3, -0.25) is 0 Å². The van der Waals surface area contributed by atoms with Gasteiger partial charge >= 0.3 is 0 Å². The van der Waals surface area contributed by atoms with Crippen LogP contribution >= 0.6 is 0 Å². The number of aromatic nitrogens is 2. The number of benzene rings is 6. The Morgan fingerprint density at radius 3 is 1.47 bits per heavy atom. The Bertz CT molecular complexity index is 2190. The molecule has 38 heavy (non-hydrogen) atoms. The molecule has 176 valence electrons. The van der Waals surface area contributed by atoms with Crippen molar-refractivity contribution in [1.29, 1.82) is 0 Å². The first kappa shape index (κ1) is 21.0. The van der Waals surface area contributed by atoms with Crippen molar-refractivity contribution in [2.24, 2.45) is 0 Å². The van der Waals surface area contributed by atoms with Gasteiger partial charge in [0.15, 0.2) is 0 Å². The van der Waals surface area contributed by atoms with E-state index in [9.17, 15) is 0 Å². The minimum atomic E-state index is 0.964. The van der Waals surface area contributed by atoms with E-state index in [0.29, 0.717) is 0 Å². The molecule has 0 unspecified atom stereocenters. The molecule has 0 spiro atoms. The number of hydrogen-bond acceptors (Lipinski definition) is 2. The van der Waals surface area contributed by atoms with Crippen LogP contribution in [0.15, 0.2) is 133 Å². The second-order valence-electron chi connectivity index (χ2n) is 9.92. The molecule has 0 aliphatic rings. The minimum Gasteiger partial charge on any atom is -0.248 e. The fourth-order valence-electron chi connectivity index (χ4n) is 5.61. The van der Waals surface area contributed by atoms with Crippen molar-refractivity contribution < 1.29 is 0 Å². The molecule has 0 fully saturated rings. The van der Waals surface area contributed by atoms with Gasteiger partial charge < -0.3 is 0 Å². The first-order valence-corrected chi connectivity index (χ1v) is 12.9. The Hall–Kier alpha value is -5.08. The van der Waals surface area contributed by atoms with Crippen LogP contribution in [0.4, 0.5) is 0 Å². The number of fused-ring (bicyclic) bond motifs is 5. The average Bonchev–Trinajstić information content (AvgIpc) is 2.98. The van der Waals surface area contributed by atoms with Crippen LogP contribution in [0, 0.1) is 0 Å². The van der Waals surface area contributed by atoms with Crippen LogP contribution in [0.25, 0.3) is 76.6 Å². The van der Waals surface area contributed by atoms with Crippen molar-refractivity contribution in [3.8, 4) is 22.5 Å². The molecule has 0 bridgehead atoms. The zero-order valence-corrected chi connectivity index (χ0v) is 20.6. The second-order valence-corrected chi connectivity index (χ2v) is 9.92. The largest absolute Gasteiger partial charge is 0.248 e. The summed E-state index contributed by atoms with van der Waals surface area (Å²) >= 11 is 0. The molecule has 8 aromatic rings. The van der Waals surface area contributed by atoms with Gasteiger partial charge in [0.2, 0.25) is 0 Å². The van der Waals surface area contributed by atoms with E-state index in [-0.39, 0.29) is 0 Å². The Labute approximate surface area is 219 Å². The van der Waals surface area contributed by atoms with Crippen molar-refractivity contribution in [3.05, 3.63) is 133 Å². The predicted octanol–water partition coefficient (Wildman–Crippen LogP) is 9.58. The maximum Gasteiger partial charge on any atom is 0.0716 e. The maximum absolute atomic E-state index is 5.14. The average molecular weight is 483 g/mol. The van der Waals surface area contributed by atoms with Gasteiger partial charge in [-0.25, -0.2) is 9.97 Å². The van der Waals surface area contributed by atoms with Gasteiger partial charge in [0, 0.05) is 21.9 Å². The lowest BCUT2D eigenvalue weighted by molar-refractivity contribution is 1.39. The zero-order valence-electron chi connectivity index (χ0n) is 20.6. The van der Waals surface area contributed by atoms with E-state index in [1.807, 2.05) is 0 Å². The van der Waals surface area contributed by atoms with Gasteiger partial charge in [0.25, 0.3) is 0 Å². The molecule has 0 atom stereocenters. The highest BCUT2D eigenvalue weighted by atomic mass is 14.7. The molecule has 0 aliphatic heterocycles. The van der Waals surface area contributed by atoms with Crippen LogP contribution in [-0.4, -0.2) is 9.97 Å². The third-order valence-electron chi connectivity index (χ3n) is 7.55. The van der Waals surface area contributed by atoms with E-state index in [1.54, 1.807) is 0 Å². The molecule has 0 amide bonds. The molecule has 0 aliphatic carbocycles. The lowest BCUT2D eigenvalue weighted by atomic mass is 9.96. The normalized spacial score (nSPS) is 11.7. The molecule has 0 saturated carbocycles. The van der Waals surface area contributed by atoms with E-state index >= 15 is 0 Å². The number of nitrogens with zero attached hydrogens (tertiary/aromatic N) is 2. The topological polar surface area (TPSA) is 25.8 Å². The van der Waals surface area contributed by atoms with Gasteiger partial charge in [-0.15, -0.1) is 0 Å². The summed E-state index contributed by atoms with van der Waals surface area (Å²) < 4.78 is 0. The van der Waals surface area contributed by atoms with Gasteiger partial charge in [-0.2, -0.15) is 0 Å². The fourth-order valence-corrected chi connectivity index (χ4v) is 5.61. The quantitative estimate of drug-likeness (QED) is 0.229. The lowest BCUT2D eigenvalue weighted by Crippen LogP contribution is -1.91. The molecule has 2 heterocycles. The van der Waals surface area contributed by atoms with Crippen molar-refractivity contribution >= 4 is 54.1 Å². The molecular weight excluding hydrogens is 460 g/mol. The van der Waals surface area contributed by atoms with Crippen LogP contribution in [0.3, 0.4) is 0 Å². The highest BCUT2D eigenvalue weighted by molar-refractivity contribution is 6.02. The van der Waals surface area contributed by atoms with Crippen molar-refractivity contribution in [2.75, 3.05) is 0 Å². The molecule has 0 N–H and O–H groups in total. The first-order chi connectivity index (χ1) is 18.8. The molecule has 8 rings (SSSR count). The summed E-state index contributed by atoms with van der Waals surface area (Å²) in [6.07, 6.45) is 0. The van der Waals surface area contributed by atoms with Gasteiger partial charge in [-0.05, 0) is 80.8 Å². The summed E-state index contributed by atoms with van der Waals surface area (Å²) in [5, 5.41) is 9.55. The SMILES string of the molecule is c1ccc2cc3nc(-c4cc(-c5ccc6cc7ccccc7cc6n5)c5ccccc5c4)ccc3cc2c1. The van der Waals surface area contributed by atoms with E-state index in [2.05, 4.69) is 133 Å². The Morgan fingerprint density at radius 2 is 0.842 bits per heavy atom. The summed E-state index contributed by atoms with van der Waals surface area (Å²) in [7, 11) is 0. The molecule has 6 aromatic carbocycles. The smallest absolute Gasteiger partial charge is 0.0716 e. The van der Waals surface area contributed by atoms with E-state index in [1.165, 1.54) is 32.3 Å². The Kier molecular flexibility index (Phi) is 4.55. The lowest BCUT2D eigenvalue weighted by Gasteiger charge is -2.12. The van der Waals surface area contributed by atoms with E-state index < -0.39 is 0 Å². The Balaban J connectivity index is 1.33.